The summed E-state index contributed by atoms with van der Waals surface area (Å²) in [5.41, 5.74) is 2.94. The highest BCUT2D eigenvalue weighted by molar-refractivity contribution is 5.94. The predicted molar refractivity (Wildman–Crippen MR) is 110 cm³/mol. The van der Waals surface area contributed by atoms with Gasteiger partial charge in [0.05, 0.1) is 12.2 Å². The summed E-state index contributed by atoms with van der Waals surface area (Å²) in [5.74, 6) is 1.71. The van der Waals surface area contributed by atoms with Gasteiger partial charge in [0, 0.05) is 37.3 Å². The van der Waals surface area contributed by atoms with E-state index in [0.29, 0.717) is 39.4 Å². The van der Waals surface area contributed by atoms with Crippen molar-refractivity contribution in [3.63, 3.8) is 0 Å². The van der Waals surface area contributed by atoms with Gasteiger partial charge in [0.1, 0.15) is 13.2 Å². The van der Waals surface area contributed by atoms with Gasteiger partial charge >= 0.3 is 0 Å². The Morgan fingerprint density at radius 2 is 1.72 bits per heavy atom. The van der Waals surface area contributed by atoms with Crippen LogP contribution in [0.4, 0.5) is 0 Å². The topological polar surface area (TPSA) is 60.0 Å². The van der Waals surface area contributed by atoms with E-state index in [1.165, 1.54) is 0 Å². The van der Waals surface area contributed by atoms with Crippen LogP contribution in [-0.4, -0.2) is 49.3 Å². The van der Waals surface area contributed by atoms with E-state index in [0.717, 1.165) is 28.2 Å². The molecule has 0 saturated carbocycles. The molecule has 1 saturated heterocycles. The zero-order chi connectivity index (χ0) is 20.2. The maximum atomic E-state index is 12.8. The number of para-hydroxylation sites is 1. The van der Waals surface area contributed by atoms with Gasteiger partial charge in [-0.2, -0.15) is 0 Å². The Morgan fingerprint density at radius 3 is 2.48 bits per heavy atom. The first-order valence-electron chi connectivity index (χ1n) is 10.2. The van der Waals surface area contributed by atoms with Crippen molar-refractivity contribution in [2.45, 2.75) is 39.1 Å². The summed E-state index contributed by atoms with van der Waals surface area (Å²) in [5, 5.41) is 3.44. The Hall–Kier alpha value is -2.57. The van der Waals surface area contributed by atoms with E-state index in [-0.39, 0.29) is 18.1 Å². The number of fused-ring (bicyclic) bond motifs is 1. The Labute approximate surface area is 171 Å². The van der Waals surface area contributed by atoms with Crippen molar-refractivity contribution < 1.29 is 19.0 Å². The molecular weight excluding hydrogens is 368 g/mol. The molecule has 2 heterocycles. The number of hydrogen-bond acceptors (Lipinski definition) is 5. The highest BCUT2D eigenvalue weighted by Gasteiger charge is 2.26. The highest BCUT2D eigenvalue weighted by atomic mass is 16.6. The lowest BCUT2D eigenvalue weighted by atomic mass is 10.1. The smallest absolute Gasteiger partial charge is 0.254 e. The van der Waals surface area contributed by atoms with Gasteiger partial charge in [0.2, 0.25) is 0 Å². The quantitative estimate of drug-likeness (QED) is 0.842. The monoisotopic (exact) mass is 396 g/mol. The number of nitrogens with zero attached hydrogens (tertiary/aromatic N) is 1. The Kier molecular flexibility index (Phi) is 6.02. The van der Waals surface area contributed by atoms with Gasteiger partial charge in [-0.25, -0.2) is 0 Å². The molecule has 0 bridgehead atoms. The van der Waals surface area contributed by atoms with Crippen LogP contribution in [0.5, 0.6) is 11.5 Å². The fourth-order valence-electron chi connectivity index (χ4n) is 3.91. The van der Waals surface area contributed by atoms with Crippen LogP contribution in [0.15, 0.2) is 42.5 Å². The molecule has 0 radical (unpaired) electrons. The normalized spacial score (nSPS) is 21.1. The van der Waals surface area contributed by atoms with Gasteiger partial charge < -0.3 is 24.4 Å². The van der Waals surface area contributed by atoms with Gasteiger partial charge in [-0.1, -0.05) is 24.3 Å². The van der Waals surface area contributed by atoms with Gasteiger partial charge in [-0.05, 0) is 37.6 Å². The molecule has 29 heavy (non-hydrogen) atoms. The predicted octanol–water partition coefficient (Wildman–Crippen LogP) is 3.00. The molecule has 2 unspecified atom stereocenters. The van der Waals surface area contributed by atoms with E-state index in [9.17, 15) is 4.79 Å². The molecule has 1 N–H and O–H groups in total. The first-order chi connectivity index (χ1) is 14.1. The number of benzene rings is 2. The number of morpholine rings is 1. The number of hydrogen-bond donors (Lipinski definition) is 1. The third-order valence-corrected chi connectivity index (χ3v) is 5.20. The number of carbonyl (C=O) groups is 1. The van der Waals surface area contributed by atoms with Crippen molar-refractivity contribution in [3.05, 3.63) is 59.2 Å². The van der Waals surface area contributed by atoms with E-state index >= 15 is 0 Å². The van der Waals surface area contributed by atoms with Gasteiger partial charge in [-0.15, -0.1) is 0 Å². The zero-order valence-corrected chi connectivity index (χ0v) is 17.0. The maximum absolute atomic E-state index is 12.8. The van der Waals surface area contributed by atoms with E-state index in [2.05, 4.69) is 5.32 Å². The van der Waals surface area contributed by atoms with E-state index in [1.807, 2.05) is 61.2 Å². The van der Waals surface area contributed by atoms with E-state index in [4.69, 9.17) is 14.2 Å². The van der Waals surface area contributed by atoms with Crippen molar-refractivity contribution in [2.75, 3.05) is 26.3 Å². The number of carbonyl (C=O) groups excluding carboxylic acids is 1. The maximum Gasteiger partial charge on any atom is 0.254 e. The Morgan fingerprint density at radius 1 is 1.00 bits per heavy atom. The van der Waals surface area contributed by atoms with Gasteiger partial charge in [0.25, 0.3) is 5.91 Å². The van der Waals surface area contributed by atoms with Crippen LogP contribution >= 0.6 is 0 Å². The summed E-state index contributed by atoms with van der Waals surface area (Å²) in [6, 6.07) is 13.8. The average Bonchev–Trinajstić information content (AvgIpc) is 2.73. The largest absolute Gasteiger partial charge is 0.486 e. The van der Waals surface area contributed by atoms with E-state index < -0.39 is 0 Å². The number of nitrogens with one attached hydrogen (secondary N) is 1. The lowest BCUT2D eigenvalue weighted by Gasteiger charge is -2.35. The minimum atomic E-state index is 0.0690. The number of ether oxygens (including phenoxy) is 3. The summed E-state index contributed by atoms with van der Waals surface area (Å²) in [4.78, 5) is 14.6. The second kappa shape index (κ2) is 8.84. The van der Waals surface area contributed by atoms with Crippen molar-refractivity contribution in [2.24, 2.45) is 0 Å². The molecular formula is C23H28N2O4. The standard InChI is InChI=1S/C23H28N2O4/c1-16-14-25(15-17(2)29-16)23(26)19-8-6-18(7-9-19)12-24-13-20-4-3-5-21-22(20)28-11-10-27-21/h3-9,16-17,24H,10-15H2,1-2H3. The lowest BCUT2D eigenvalue weighted by Crippen LogP contribution is -2.48. The molecule has 1 amide bonds. The molecule has 0 aliphatic carbocycles. The molecule has 154 valence electrons. The molecule has 0 spiro atoms. The van der Waals surface area contributed by atoms with Crippen LogP contribution < -0.4 is 14.8 Å². The van der Waals surface area contributed by atoms with Crippen molar-refractivity contribution in [1.82, 2.24) is 10.2 Å². The van der Waals surface area contributed by atoms with Crippen LogP contribution in [0.25, 0.3) is 0 Å². The third kappa shape index (κ3) is 4.71. The summed E-state index contributed by atoms with van der Waals surface area (Å²) in [6.45, 7) is 7.87. The van der Waals surface area contributed by atoms with Crippen molar-refractivity contribution in [3.8, 4) is 11.5 Å². The molecule has 2 aromatic rings. The Bertz CT molecular complexity index is 842. The van der Waals surface area contributed by atoms with Gasteiger partial charge in [0.15, 0.2) is 11.5 Å². The fourth-order valence-corrected chi connectivity index (χ4v) is 3.91. The average molecular weight is 396 g/mol. The first kappa shape index (κ1) is 19.7. The SMILES string of the molecule is CC1CN(C(=O)c2ccc(CNCc3cccc4c3OCCO4)cc2)CC(C)O1. The van der Waals surface area contributed by atoms with Crippen LogP contribution in [0.2, 0.25) is 0 Å². The summed E-state index contributed by atoms with van der Waals surface area (Å²) < 4.78 is 17.1. The summed E-state index contributed by atoms with van der Waals surface area (Å²) >= 11 is 0. The molecule has 2 aliphatic heterocycles. The first-order valence-corrected chi connectivity index (χ1v) is 10.2. The fraction of sp³-hybridized carbons (Fsp3) is 0.435. The lowest BCUT2D eigenvalue weighted by molar-refractivity contribution is -0.0586. The molecule has 1 fully saturated rings. The van der Waals surface area contributed by atoms with Crippen LogP contribution in [0.3, 0.4) is 0 Å². The molecule has 0 aromatic heterocycles. The van der Waals surface area contributed by atoms with Crippen molar-refractivity contribution in [1.29, 1.82) is 0 Å². The minimum absolute atomic E-state index is 0.0690. The summed E-state index contributed by atoms with van der Waals surface area (Å²) in [6.07, 6.45) is 0.147. The van der Waals surface area contributed by atoms with Gasteiger partial charge in [-0.3, -0.25) is 4.79 Å². The molecule has 2 atom stereocenters. The molecule has 2 aliphatic rings. The molecule has 4 rings (SSSR count). The minimum Gasteiger partial charge on any atom is -0.486 e. The van der Waals surface area contributed by atoms with E-state index in [1.54, 1.807) is 0 Å². The zero-order valence-electron chi connectivity index (χ0n) is 17.0. The number of rotatable bonds is 5. The van der Waals surface area contributed by atoms with Crippen LogP contribution in [0, 0.1) is 0 Å². The third-order valence-electron chi connectivity index (χ3n) is 5.20. The van der Waals surface area contributed by atoms with Crippen LogP contribution in [-0.2, 0) is 17.8 Å². The second-order valence-electron chi connectivity index (χ2n) is 7.71. The van der Waals surface area contributed by atoms with Crippen LogP contribution in [0.1, 0.15) is 35.3 Å². The molecule has 2 aromatic carbocycles. The molecule has 6 nitrogen and oxygen atoms in total. The van der Waals surface area contributed by atoms with Crippen molar-refractivity contribution >= 4 is 5.91 Å². The second-order valence-corrected chi connectivity index (χ2v) is 7.71. The Balaban J connectivity index is 1.33. The summed E-state index contributed by atoms with van der Waals surface area (Å²) in [7, 11) is 0. The number of amides is 1. The molecule has 6 heteroatoms. The highest BCUT2D eigenvalue weighted by Crippen LogP contribution is 2.33.